The predicted octanol–water partition coefficient (Wildman–Crippen LogP) is 1.50. The number of rotatable bonds is 7. The minimum absolute atomic E-state index is 0.0752. The smallest absolute Gasteiger partial charge is 0.325 e. The van der Waals surface area contributed by atoms with Crippen LogP contribution in [-0.2, 0) is 14.4 Å². The number of carbonyl (C=O) groups excluding carboxylic acids is 2. The molecule has 4 unspecified atom stereocenters. The van der Waals surface area contributed by atoms with E-state index in [0.717, 1.165) is 6.42 Å². The van der Waals surface area contributed by atoms with Gasteiger partial charge in [0.2, 0.25) is 11.8 Å². The fourth-order valence-corrected chi connectivity index (χ4v) is 4.67. The first-order chi connectivity index (χ1) is 13.7. The van der Waals surface area contributed by atoms with Gasteiger partial charge in [-0.2, -0.15) is 0 Å². The lowest BCUT2D eigenvalue weighted by Gasteiger charge is -2.34. The molecule has 0 spiro atoms. The molecule has 2 saturated heterocycles. The summed E-state index contributed by atoms with van der Waals surface area (Å²) in [5.41, 5.74) is 5.23. The minimum Gasteiger partial charge on any atom is -0.480 e. The fourth-order valence-electron chi connectivity index (χ4n) is 4.67. The second-order valence-electron chi connectivity index (χ2n) is 8.17. The van der Waals surface area contributed by atoms with Crippen LogP contribution in [0, 0.1) is 23.2 Å². The number of nitrogen functional groups attached to an aromatic ring is 1. The van der Waals surface area contributed by atoms with Crippen LogP contribution in [-0.4, -0.2) is 45.7 Å². The van der Waals surface area contributed by atoms with Gasteiger partial charge in [-0.05, 0) is 17.9 Å². The lowest BCUT2D eigenvalue weighted by Crippen LogP contribution is -2.59. The van der Waals surface area contributed by atoms with Crippen molar-refractivity contribution in [1.29, 1.82) is 5.41 Å². The summed E-state index contributed by atoms with van der Waals surface area (Å²) in [6.45, 7) is 5.80. The van der Waals surface area contributed by atoms with E-state index in [2.05, 4.69) is 5.32 Å². The molecule has 5 N–H and O–H groups in total. The Morgan fingerprint density at radius 2 is 1.90 bits per heavy atom. The molecule has 0 aliphatic carbocycles. The Hall–Kier alpha value is -2.74. The van der Waals surface area contributed by atoms with E-state index in [9.17, 15) is 19.5 Å². The fraction of sp³-hybridized carbons (Fsp3) is 0.524. The van der Waals surface area contributed by atoms with E-state index in [1.165, 1.54) is 4.90 Å². The molecule has 4 atom stereocenters. The number of hydrogen-bond acceptors (Lipinski definition) is 5. The van der Waals surface area contributed by atoms with Gasteiger partial charge in [0.25, 0.3) is 0 Å². The van der Waals surface area contributed by atoms with Crippen LogP contribution in [0.3, 0.4) is 0 Å². The van der Waals surface area contributed by atoms with Crippen molar-refractivity contribution >= 4 is 23.6 Å². The van der Waals surface area contributed by atoms with Crippen LogP contribution in [0.4, 0.5) is 0 Å². The van der Waals surface area contributed by atoms with Crippen molar-refractivity contribution in [3.05, 3.63) is 35.4 Å². The van der Waals surface area contributed by atoms with Crippen LogP contribution in [0.1, 0.15) is 50.8 Å². The Labute approximate surface area is 170 Å². The first-order valence-corrected chi connectivity index (χ1v) is 9.97. The molecule has 0 radical (unpaired) electrons. The molecule has 1 aromatic carbocycles. The average Bonchev–Trinajstić information content (AvgIpc) is 3.16. The molecule has 0 aromatic heterocycles. The number of unbranched alkanes of at least 4 members (excludes halogenated alkanes) is 1. The average molecular weight is 400 g/mol. The molecule has 3 rings (SSSR count). The summed E-state index contributed by atoms with van der Waals surface area (Å²) in [6.07, 6.45) is 1.51. The number of nitrogens with two attached hydrogens (primary N) is 1. The van der Waals surface area contributed by atoms with Crippen molar-refractivity contribution in [1.82, 2.24) is 10.2 Å². The molecule has 1 aromatic rings. The number of carboxylic acid groups (broad SMARTS) is 1. The molecule has 156 valence electrons. The van der Waals surface area contributed by atoms with Crippen LogP contribution in [0.2, 0.25) is 0 Å². The molecular formula is C21H28N4O4. The van der Waals surface area contributed by atoms with Crippen molar-refractivity contribution in [2.24, 2.45) is 23.5 Å². The lowest BCUT2D eigenvalue weighted by atomic mass is 9.73. The summed E-state index contributed by atoms with van der Waals surface area (Å²) < 4.78 is 0. The monoisotopic (exact) mass is 400 g/mol. The molecule has 8 heteroatoms. The number of hydrogen-bond donors (Lipinski definition) is 4. The van der Waals surface area contributed by atoms with E-state index in [1.807, 2.05) is 6.92 Å². The van der Waals surface area contributed by atoms with Crippen LogP contribution < -0.4 is 11.1 Å². The standard InChI is InChI=1S/C21H28N4O4/c1-4-5-10-25-18(26)14-15(19(25)27)21(11(2)3,20(28)29)24-16(14)12-6-8-13(9-7-12)17(22)23/h6-9,11,14-16,24H,4-5,10H2,1-3H3,(H3,22,23)(H,28,29). The van der Waals surface area contributed by atoms with E-state index >= 15 is 0 Å². The van der Waals surface area contributed by atoms with E-state index in [0.29, 0.717) is 24.1 Å². The Kier molecular flexibility index (Phi) is 5.49. The summed E-state index contributed by atoms with van der Waals surface area (Å²) in [6, 6.07) is 6.19. The number of carboxylic acids is 1. The molecule has 0 saturated carbocycles. The number of amides is 2. The Morgan fingerprint density at radius 1 is 1.28 bits per heavy atom. The number of aliphatic carboxylic acids is 1. The van der Waals surface area contributed by atoms with Crippen LogP contribution >= 0.6 is 0 Å². The number of carbonyl (C=O) groups is 3. The highest BCUT2D eigenvalue weighted by atomic mass is 16.4. The highest BCUT2D eigenvalue weighted by molar-refractivity contribution is 6.09. The van der Waals surface area contributed by atoms with Gasteiger partial charge in [-0.1, -0.05) is 51.5 Å². The zero-order valence-electron chi connectivity index (χ0n) is 16.9. The normalized spacial score (nSPS) is 28.8. The summed E-state index contributed by atoms with van der Waals surface area (Å²) >= 11 is 0. The number of fused-ring (bicyclic) bond motifs is 1. The predicted molar refractivity (Wildman–Crippen MR) is 107 cm³/mol. The first kappa shape index (κ1) is 21.0. The van der Waals surface area contributed by atoms with Crippen molar-refractivity contribution < 1.29 is 19.5 Å². The maximum atomic E-state index is 13.2. The van der Waals surface area contributed by atoms with E-state index in [-0.39, 0.29) is 11.7 Å². The van der Waals surface area contributed by atoms with Gasteiger partial charge in [0.1, 0.15) is 11.4 Å². The highest BCUT2D eigenvalue weighted by Crippen LogP contribution is 2.51. The Morgan fingerprint density at radius 3 is 2.38 bits per heavy atom. The quantitative estimate of drug-likeness (QED) is 0.311. The topological polar surface area (TPSA) is 137 Å². The second-order valence-corrected chi connectivity index (χ2v) is 8.17. The molecule has 29 heavy (non-hydrogen) atoms. The highest BCUT2D eigenvalue weighted by Gasteiger charge is 2.69. The molecule has 0 bridgehead atoms. The third-order valence-electron chi connectivity index (χ3n) is 6.27. The number of nitrogens with zero attached hydrogens (tertiary/aromatic N) is 1. The van der Waals surface area contributed by atoms with Gasteiger partial charge in [0.15, 0.2) is 0 Å². The molecular weight excluding hydrogens is 372 g/mol. The largest absolute Gasteiger partial charge is 0.480 e. The van der Waals surface area contributed by atoms with Gasteiger partial charge in [0, 0.05) is 18.2 Å². The molecule has 2 aliphatic rings. The van der Waals surface area contributed by atoms with E-state index < -0.39 is 41.2 Å². The Bertz CT molecular complexity index is 851. The lowest BCUT2D eigenvalue weighted by molar-refractivity contribution is -0.153. The summed E-state index contributed by atoms with van der Waals surface area (Å²) in [7, 11) is 0. The van der Waals surface area contributed by atoms with Gasteiger partial charge in [0.05, 0.1) is 11.8 Å². The van der Waals surface area contributed by atoms with Crippen LogP contribution in [0.15, 0.2) is 24.3 Å². The maximum absolute atomic E-state index is 13.2. The van der Waals surface area contributed by atoms with Crippen molar-refractivity contribution in [2.75, 3.05) is 6.54 Å². The SMILES string of the molecule is CCCCN1C(=O)C2C(c3ccc(C(=N)N)cc3)NC(C(=O)O)(C(C)C)C2C1=O. The number of benzene rings is 1. The van der Waals surface area contributed by atoms with Crippen molar-refractivity contribution in [2.45, 2.75) is 45.2 Å². The summed E-state index contributed by atoms with van der Waals surface area (Å²) in [5, 5.41) is 20.8. The third-order valence-corrected chi connectivity index (χ3v) is 6.27. The molecule has 2 amide bonds. The third kappa shape index (κ3) is 3.11. The number of imide groups is 1. The minimum atomic E-state index is -1.53. The first-order valence-electron chi connectivity index (χ1n) is 9.97. The van der Waals surface area contributed by atoms with Crippen LogP contribution in [0.25, 0.3) is 0 Å². The van der Waals surface area contributed by atoms with Crippen molar-refractivity contribution in [3.63, 3.8) is 0 Å². The van der Waals surface area contributed by atoms with Crippen molar-refractivity contribution in [3.8, 4) is 0 Å². The number of likely N-dealkylation sites (tertiary alicyclic amines) is 1. The van der Waals surface area contributed by atoms with Crippen LogP contribution in [0.5, 0.6) is 0 Å². The maximum Gasteiger partial charge on any atom is 0.325 e. The summed E-state index contributed by atoms with van der Waals surface area (Å²) in [5.74, 6) is -4.05. The molecule has 8 nitrogen and oxygen atoms in total. The van der Waals surface area contributed by atoms with Gasteiger partial charge in [-0.25, -0.2) is 0 Å². The molecule has 2 heterocycles. The molecule has 2 aliphatic heterocycles. The zero-order chi connectivity index (χ0) is 21.5. The van der Waals surface area contributed by atoms with E-state index in [4.69, 9.17) is 11.1 Å². The van der Waals surface area contributed by atoms with E-state index in [1.54, 1.807) is 38.1 Å². The van der Waals surface area contributed by atoms with Gasteiger partial charge in [-0.3, -0.25) is 30.0 Å². The summed E-state index contributed by atoms with van der Waals surface area (Å²) in [4.78, 5) is 40.1. The van der Waals surface area contributed by atoms with Gasteiger partial charge < -0.3 is 10.8 Å². The number of amidine groups is 1. The number of nitrogens with one attached hydrogen (secondary N) is 2. The zero-order valence-corrected chi connectivity index (χ0v) is 16.9. The second kappa shape index (κ2) is 7.59. The van der Waals surface area contributed by atoms with Gasteiger partial charge >= 0.3 is 5.97 Å². The Balaban J connectivity index is 2.09. The molecule has 2 fully saturated rings. The van der Waals surface area contributed by atoms with Gasteiger partial charge in [-0.15, -0.1) is 0 Å².